The first-order valence-corrected chi connectivity index (χ1v) is 12.2. The molecule has 36 heavy (non-hydrogen) atoms. The highest BCUT2D eigenvalue weighted by atomic mass is 16.5. The van der Waals surface area contributed by atoms with Crippen molar-refractivity contribution in [1.29, 1.82) is 0 Å². The number of aromatic nitrogens is 2. The molecule has 1 unspecified atom stereocenters. The minimum atomic E-state index is -0.432. The van der Waals surface area contributed by atoms with E-state index in [1.54, 1.807) is 22.6 Å². The molecule has 0 aliphatic heterocycles. The van der Waals surface area contributed by atoms with Gasteiger partial charge < -0.3 is 15.0 Å². The van der Waals surface area contributed by atoms with Gasteiger partial charge >= 0.3 is 6.03 Å². The molecule has 3 aromatic carbocycles. The van der Waals surface area contributed by atoms with Crippen LogP contribution in [0.5, 0.6) is 5.75 Å². The first-order valence-electron chi connectivity index (χ1n) is 12.2. The number of rotatable bonds is 7. The van der Waals surface area contributed by atoms with E-state index in [1.165, 1.54) is 0 Å². The van der Waals surface area contributed by atoms with E-state index < -0.39 is 6.04 Å². The van der Waals surface area contributed by atoms with Crippen LogP contribution in [0.2, 0.25) is 0 Å². The maximum atomic E-state index is 13.8. The number of carbonyl (C=O) groups is 1. The van der Waals surface area contributed by atoms with Gasteiger partial charge in [-0.15, -0.1) is 0 Å². The lowest BCUT2D eigenvalue weighted by molar-refractivity contribution is 0.185. The number of aryl methyl sites for hydroxylation is 2. The number of carbonyl (C=O) groups excluding carboxylic acids is 1. The average Bonchev–Trinajstić information content (AvgIpc) is 2.89. The summed E-state index contributed by atoms with van der Waals surface area (Å²) in [6, 6.07) is 19.9. The summed E-state index contributed by atoms with van der Waals surface area (Å²) in [5, 5.41) is 3.62. The Morgan fingerprint density at radius 1 is 1.00 bits per heavy atom. The largest absolute Gasteiger partial charge is 0.497 e. The van der Waals surface area contributed by atoms with Gasteiger partial charge in [-0.2, -0.15) is 0 Å². The fraction of sp³-hybridized carbons (Fsp3) is 0.276. The molecular formula is C29H32N4O3. The quantitative estimate of drug-likeness (QED) is 0.348. The van der Waals surface area contributed by atoms with Crippen molar-refractivity contribution in [2.45, 2.75) is 40.2 Å². The molecule has 0 spiro atoms. The Hall–Kier alpha value is -4.13. The van der Waals surface area contributed by atoms with Gasteiger partial charge in [0.1, 0.15) is 11.6 Å². The Morgan fingerprint density at radius 2 is 1.67 bits per heavy atom. The van der Waals surface area contributed by atoms with Crippen LogP contribution in [0.25, 0.3) is 16.6 Å². The van der Waals surface area contributed by atoms with Crippen molar-refractivity contribution in [3.63, 3.8) is 0 Å². The Labute approximate surface area is 211 Å². The summed E-state index contributed by atoms with van der Waals surface area (Å²) in [5.41, 5.74) is 3.88. The van der Waals surface area contributed by atoms with Crippen molar-refractivity contribution in [2.24, 2.45) is 0 Å². The van der Waals surface area contributed by atoms with Crippen LogP contribution in [0.15, 0.2) is 71.5 Å². The molecule has 0 radical (unpaired) electrons. The Kier molecular flexibility index (Phi) is 7.38. The molecule has 0 saturated heterocycles. The summed E-state index contributed by atoms with van der Waals surface area (Å²) < 4.78 is 6.92. The van der Waals surface area contributed by atoms with Crippen LogP contribution in [-0.4, -0.2) is 34.1 Å². The minimum Gasteiger partial charge on any atom is -0.497 e. The molecule has 7 heteroatoms. The Bertz CT molecular complexity index is 1420. The molecule has 7 nitrogen and oxygen atoms in total. The molecule has 0 aliphatic carbocycles. The monoisotopic (exact) mass is 484 g/mol. The van der Waals surface area contributed by atoms with Crippen LogP contribution in [0.1, 0.15) is 43.3 Å². The number of para-hydroxylation sites is 2. The average molecular weight is 485 g/mol. The summed E-state index contributed by atoms with van der Waals surface area (Å²) in [5.74, 6) is 1.21. The summed E-state index contributed by atoms with van der Waals surface area (Å²) in [6.45, 7) is 8.33. The van der Waals surface area contributed by atoms with Crippen molar-refractivity contribution in [1.82, 2.24) is 14.5 Å². The number of benzene rings is 3. The van der Waals surface area contributed by atoms with Gasteiger partial charge in [-0.05, 0) is 74.7 Å². The van der Waals surface area contributed by atoms with E-state index >= 15 is 0 Å². The van der Waals surface area contributed by atoms with E-state index in [-0.39, 0.29) is 11.6 Å². The number of nitrogens with one attached hydrogen (secondary N) is 1. The molecule has 186 valence electrons. The van der Waals surface area contributed by atoms with Crippen LogP contribution >= 0.6 is 0 Å². The Balaban J connectivity index is 1.85. The third-order valence-electron chi connectivity index (χ3n) is 6.51. The maximum Gasteiger partial charge on any atom is 0.322 e. The van der Waals surface area contributed by atoms with E-state index in [9.17, 15) is 9.59 Å². The highest BCUT2D eigenvalue weighted by Gasteiger charge is 2.28. The Morgan fingerprint density at radius 3 is 2.28 bits per heavy atom. The van der Waals surface area contributed by atoms with Gasteiger partial charge in [0.05, 0.1) is 29.7 Å². The van der Waals surface area contributed by atoms with Crippen molar-refractivity contribution in [3.8, 4) is 11.4 Å². The van der Waals surface area contributed by atoms with Crippen LogP contribution in [0, 0.1) is 13.8 Å². The molecule has 4 rings (SSSR count). The fourth-order valence-corrected chi connectivity index (χ4v) is 4.59. The molecule has 0 aliphatic rings. The molecule has 1 N–H and O–H groups in total. The zero-order valence-electron chi connectivity index (χ0n) is 21.4. The van der Waals surface area contributed by atoms with Crippen LogP contribution < -0.4 is 15.6 Å². The van der Waals surface area contributed by atoms with E-state index in [2.05, 4.69) is 5.32 Å². The van der Waals surface area contributed by atoms with E-state index in [4.69, 9.17) is 9.72 Å². The van der Waals surface area contributed by atoms with Crippen molar-refractivity contribution in [2.75, 3.05) is 19.0 Å². The fourth-order valence-electron chi connectivity index (χ4n) is 4.59. The van der Waals surface area contributed by atoms with Gasteiger partial charge in [-0.3, -0.25) is 9.36 Å². The summed E-state index contributed by atoms with van der Waals surface area (Å²) >= 11 is 0. The molecule has 1 aromatic heterocycles. The molecule has 4 aromatic rings. The second-order valence-electron chi connectivity index (χ2n) is 8.73. The van der Waals surface area contributed by atoms with E-state index in [0.717, 1.165) is 16.8 Å². The van der Waals surface area contributed by atoms with Gasteiger partial charge in [0, 0.05) is 12.2 Å². The maximum absolute atomic E-state index is 13.8. The van der Waals surface area contributed by atoms with Gasteiger partial charge in [-0.25, -0.2) is 9.78 Å². The number of hydrogen-bond acceptors (Lipinski definition) is 4. The number of hydrogen-bond donors (Lipinski definition) is 1. The second kappa shape index (κ2) is 10.6. The molecule has 0 saturated carbocycles. The third kappa shape index (κ3) is 4.69. The van der Waals surface area contributed by atoms with Crippen LogP contribution in [-0.2, 0) is 0 Å². The van der Waals surface area contributed by atoms with Crippen molar-refractivity contribution < 1.29 is 9.53 Å². The first kappa shape index (κ1) is 25.0. The molecule has 0 fully saturated rings. The normalized spacial score (nSPS) is 11.8. The number of urea groups is 1. The number of amides is 2. The van der Waals surface area contributed by atoms with Crippen molar-refractivity contribution >= 4 is 22.6 Å². The number of ether oxygens (including phenoxy) is 1. The molecule has 2 amide bonds. The standard InChI is InChI=1S/C29H32N4O3/c1-6-25(32(7-2)29(35)31-26-19(3)11-10-12-20(26)4)27-30-24-14-9-8-13-23(24)28(34)33(27)21-15-17-22(36-5)18-16-21/h8-18,25H,6-7H2,1-5H3,(H,31,35). The molecule has 1 atom stereocenters. The SMILES string of the molecule is CCC(c1nc2ccccc2c(=O)n1-c1ccc(OC)cc1)N(CC)C(=O)Nc1c(C)cccc1C. The second-order valence-corrected chi connectivity index (χ2v) is 8.73. The highest BCUT2D eigenvalue weighted by molar-refractivity contribution is 5.91. The molecular weight excluding hydrogens is 452 g/mol. The summed E-state index contributed by atoms with van der Waals surface area (Å²) in [4.78, 5) is 34.0. The van der Waals surface area contributed by atoms with Crippen LogP contribution in [0.3, 0.4) is 0 Å². The highest BCUT2D eigenvalue weighted by Crippen LogP contribution is 2.28. The number of anilines is 1. The summed E-state index contributed by atoms with van der Waals surface area (Å²) in [7, 11) is 1.60. The van der Waals surface area contributed by atoms with Gasteiger partial charge in [-0.1, -0.05) is 37.3 Å². The number of fused-ring (bicyclic) bond motifs is 1. The zero-order valence-corrected chi connectivity index (χ0v) is 21.4. The lowest BCUT2D eigenvalue weighted by Crippen LogP contribution is -2.41. The number of nitrogens with zero attached hydrogens (tertiary/aromatic N) is 3. The molecule has 1 heterocycles. The minimum absolute atomic E-state index is 0.176. The van der Waals surface area contributed by atoms with Crippen LogP contribution in [0.4, 0.5) is 10.5 Å². The summed E-state index contributed by atoms with van der Waals surface area (Å²) in [6.07, 6.45) is 0.578. The lowest BCUT2D eigenvalue weighted by Gasteiger charge is -2.32. The lowest BCUT2D eigenvalue weighted by atomic mass is 10.1. The molecule has 0 bridgehead atoms. The van der Waals surface area contributed by atoms with Gasteiger partial charge in [0.2, 0.25) is 0 Å². The smallest absolute Gasteiger partial charge is 0.322 e. The topological polar surface area (TPSA) is 76.5 Å². The predicted octanol–water partition coefficient (Wildman–Crippen LogP) is 6.02. The predicted molar refractivity (Wildman–Crippen MR) is 144 cm³/mol. The van der Waals surface area contributed by atoms with Crippen molar-refractivity contribution in [3.05, 3.63) is 94.0 Å². The van der Waals surface area contributed by atoms with Gasteiger partial charge in [0.25, 0.3) is 5.56 Å². The zero-order chi connectivity index (χ0) is 25.8. The third-order valence-corrected chi connectivity index (χ3v) is 6.51. The van der Waals surface area contributed by atoms with E-state index in [1.807, 2.05) is 88.4 Å². The van der Waals surface area contributed by atoms with E-state index in [0.29, 0.717) is 41.1 Å². The number of methoxy groups -OCH3 is 1. The first-order chi connectivity index (χ1) is 17.4. The van der Waals surface area contributed by atoms with Gasteiger partial charge in [0.15, 0.2) is 0 Å².